The molecule has 7 rings (SSSR count). The minimum absolute atomic E-state index is 0.00487. The number of nitrogens with one attached hydrogen (secondary N) is 3. The molecule has 22 heteroatoms. The van der Waals surface area contributed by atoms with Crippen LogP contribution in [-0.4, -0.2) is 94.4 Å². The largest absolute Gasteiger partial charge is 0.497 e. The Kier molecular flexibility index (Phi) is 15.4. The molecular formula is C43H47ClN5O13PS2. The number of aliphatic hydroxyl groups excluding tert-OH is 1. The number of hydrogen-bond acceptors (Lipinski definition) is 14. The van der Waals surface area contributed by atoms with Gasteiger partial charge in [0.05, 0.1) is 39.5 Å². The van der Waals surface area contributed by atoms with Gasteiger partial charge >= 0.3 is 11.4 Å². The van der Waals surface area contributed by atoms with E-state index in [4.69, 9.17) is 68.4 Å². The minimum Gasteiger partial charge on any atom is -0.497 e. The molecule has 346 valence electrons. The maximum Gasteiger partial charge on any atom is 0.330 e. The SMILES string of the molecule is COc1ccc(C(OC[C@H]2O[C@@H](n3ccc(=O)[nH]c3=O)[C@H](CNC(=O)CCl)[C@@H]2OP(=S)(S)OC[C@H]2O[C@@H](n3cc(C)c(=O)[nH]c3=O)C[C@@H]2O)(c2ccccc2)c2ccc(OC)cc2)cc1. The van der Waals surface area contributed by atoms with Gasteiger partial charge in [0.25, 0.3) is 11.1 Å². The quantitative estimate of drug-likeness (QED) is 0.0367. The zero-order chi connectivity index (χ0) is 46.5. The van der Waals surface area contributed by atoms with Crippen molar-refractivity contribution in [3.8, 4) is 11.5 Å². The van der Waals surface area contributed by atoms with Crippen molar-refractivity contribution in [3.63, 3.8) is 0 Å². The first-order valence-corrected chi connectivity index (χ1v) is 24.6. The van der Waals surface area contributed by atoms with Gasteiger partial charge in [-0.25, -0.2) is 9.59 Å². The highest BCUT2D eigenvalue weighted by Gasteiger charge is 2.50. The summed E-state index contributed by atoms with van der Waals surface area (Å²) in [7, 11) is 3.13. The third-order valence-electron chi connectivity index (χ3n) is 11.2. The zero-order valence-electron chi connectivity index (χ0n) is 35.2. The van der Waals surface area contributed by atoms with Gasteiger partial charge in [-0.2, -0.15) is 0 Å². The van der Waals surface area contributed by atoms with Gasteiger partial charge in [0.15, 0.2) is 0 Å². The number of aromatic amines is 2. The molecular weight excluding hydrogens is 925 g/mol. The molecule has 0 saturated carbocycles. The molecule has 4 N–H and O–H groups in total. The van der Waals surface area contributed by atoms with E-state index in [2.05, 4.69) is 15.3 Å². The minimum atomic E-state index is -3.69. The molecule has 2 aromatic heterocycles. The van der Waals surface area contributed by atoms with E-state index in [1.807, 2.05) is 78.9 Å². The number of aromatic nitrogens is 4. The number of rotatable bonds is 18. The number of nitrogens with zero attached hydrogens (tertiary/aromatic N) is 2. The number of carbonyl (C=O) groups excluding carboxylic acids is 1. The summed E-state index contributed by atoms with van der Waals surface area (Å²) >= 11 is 16.5. The summed E-state index contributed by atoms with van der Waals surface area (Å²) in [4.78, 5) is 67.4. The summed E-state index contributed by atoms with van der Waals surface area (Å²) in [5, 5.41) is 13.8. The summed E-state index contributed by atoms with van der Waals surface area (Å²) in [6, 6.07) is 25.4. The van der Waals surface area contributed by atoms with Crippen LogP contribution < -0.4 is 37.3 Å². The molecule has 0 spiro atoms. The first kappa shape index (κ1) is 48.1. The fourth-order valence-corrected chi connectivity index (χ4v) is 10.0. The average molecular weight is 972 g/mol. The highest BCUT2D eigenvalue weighted by Crippen LogP contribution is 2.58. The first-order valence-electron chi connectivity index (χ1n) is 20.3. The van der Waals surface area contributed by atoms with Crippen molar-refractivity contribution in [3.05, 3.63) is 161 Å². The molecule has 2 saturated heterocycles. The summed E-state index contributed by atoms with van der Waals surface area (Å²) in [6.07, 6.45) is -3.84. The van der Waals surface area contributed by atoms with Crippen LogP contribution in [-0.2, 0) is 45.5 Å². The fourth-order valence-electron chi connectivity index (χ4n) is 7.94. The van der Waals surface area contributed by atoms with E-state index in [1.165, 1.54) is 28.5 Å². The fraction of sp³-hybridized carbons (Fsp3) is 0.372. The number of halogens is 1. The number of alkyl halides is 1. The summed E-state index contributed by atoms with van der Waals surface area (Å²) in [5.74, 6) is -0.597. The normalized spacial score (nSPS) is 22.9. The molecule has 65 heavy (non-hydrogen) atoms. The van der Waals surface area contributed by atoms with Crippen LogP contribution in [0.1, 0.15) is 41.1 Å². The van der Waals surface area contributed by atoms with Gasteiger partial charge in [-0.15, -0.1) is 11.6 Å². The van der Waals surface area contributed by atoms with Crippen LogP contribution in [0.2, 0.25) is 0 Å². The van der Waals surface area contributed by atoms with Crippen molar-refractivity contribution in [2.75, 3.05) is 39.9 Å². The van der Waals surface area contributed by atoms with Gasteiger partial charge in [0.2, 0.25) is 11.6 Å². The molecule has 0 radical (unpaired) electrons. The zero-order valence-corrected chi connectivity index (χ0v) is 38.6. The van der Waals surface area contributed by atoms with E-state index in [1.54, 1.807) is 14.2 Å². The van der Waals surface area contributed by atoms with E-state index >= 15 is 0 Å². The molecule has 0 bridgehead atoms. The summed E-state index contributed by atoms with van der Waals surface area (Å²) < 4.78 is 46.0. The van der Waals surface area contributed by atoms with E-state index in [0.717, 1.165) is 11.6 Å². The Morgan fingerprint density at radius 3 is 2.11 bits per heavy atom. The number of ether oxygens (including phenoxy) is 5. The predicted octanol–water partition coefficient (Wildman–Crippen LogP) is 3.49. The van der Waals surface area contributed by atoms with Gasteiger partial charge < -0.3 is 43.2 Å². The first-order chi connectivity index (χ1) is 31.2. The maximum absolute atomic E-state index is 13.4. The number of amides is 1. The molecule has 0 aliphatic carbocycles. The number of thiol groups is 1. The van der Waals surface area contributed by atoms with Crippen LogP contribution in [0, 0.1) is 12.8 Å². The van der Waals surface area contributed by atoms with Crippen LogP contribution in [0.15, 0.2) is 117 Å². The van der Waals surface area contributed by atoms with Gasteiger partial charge in [-0.1, -0.05) is 66.8 Å². The molecule has 2 aliphatic rings. The maximum atomic E-state index is 13.4. The van der Waals surface area contributed by atoms with Gasteiger partial charge in [-0.05, 0) is 59.7 Å². The Morgan fingerprint density at radius 2 is 1.51 bits per heavy atom. The van der Waals surface area contributed by atoms with Crippen LogP contribution in [0.4, 0.5) is 0 Å². The van der Waals surface area contributed by atoms with Gasteiger partial charge in [0, 0.05) is 37.0 Å². The number of hydrogen-bond donors (Lipinski definition) is 5. The third kappa shape index (κ3) is 10.7. The summed E-state index contributed by atoms with van der Waals surface area (Å²) in [5.41, 5.74) is -5.30. The molecule has 1 amide bonds. The van der Waals surface area contributed by atoms with Crippen molar-refractivity contribution in [2.45, 2.75) is 55.8 Å². The molecule has 18 nitrogen and oxygen atoms in total. The Bertz CT molecular complexity index is 2690. The van der Waals surface area contributed by atoms with Gasteiger partial charge in [-0.3, -0.25) is 33.5 Å². The van der Waals surface area contributed by atoms with Crippen LogP contribution >= 0.6 is 29.5 Å². The average Bonchev–Trinajstić information content (AvgIpc) is 3.84. The van der Waals surface area contributed by atoms with Crippen molar-refractivity contribution in [1.29, 1.82) is 0 Å². The molecule has 5 aromatic rings. The van der Waals surface area contributed by atoms with E-state index in [-0.39, 0.29) is 37.6 Å². The lowest BCUT2D eigenvalue weighted by Crippen LogP contribution is -2.43. The predicted molar refractivity (Wildman–Crippen MR) is 245 cm³/mol. The second-order valence-electron chi connectivity index (χ2n) is 15.2. The second-order valence-corrected chi connectivity index (χ2v) is 20.8. The van der Waals surface area contributed by atoms with Crippen molar-refractivity contribution in [1.82, 2.24) is 24.4 Å². The number of methoxy groups -OCH3 is 2. The van der Waals surface area contributed by atoms with Crippen LogP contribution in [0.5, 0.6) is 11.5 Å². The van der Waals surface area contributed by atoms with Crippen LogP contribution in [0.25, 0.3) is 0 Å². The smallest absolute Gasteiger partial charge is 0.330 e. The topological polar surface area (TPSA) is 224 Å². The standard InChI is InChI=1S/C43H47ClN5O13PS2/c1-25-22-49(42(55)47-39(25)53)37-19-32(50)33(60-37)24-59-63(64,65)62-38-31(21-45-36(52)20-44)40(48-18-17-35(51)46-41(48)54)61-34(38)23-58-43(26-7-5-4-6-8-26,27-9-13-29(56-2)14-10-27)28-11-15-30(57-3)16-12-28/h4-18,22,31-34,37-38,40,50H,19-21,23-24H2,1-3H3,(H,45,52)(H,64,65)(H,46,51,54)(H,47,53,55)/t31-,32+,33-,34-,37-,38+,40-/m1/s1. The van der Waals surface area contributed by atoms with Crippen LogP contribution in [0.3, 0.4) is 0 Å². The molecule has 2 aliphatic heterocycles. The van der Waals surface area contributed by atoms with E-state index in [9.17, 15) is 29.1 Å². The number of carbonyl (C=O) groups is 1. The lowest BCUT2D eigenvalue weighted by Gasteiger charge is -2.37. The molecule has 8 atom stereocenters. The van der Waals surface area contributed by atoms with Crippen molar-refractivity contribution >= 4 is 47.3 Å². The van der Waals surface area contributed by atoms with E-state index < -0.39 is 82.5 Å². The number of aryl methyl sites for hydroxylation is 1. The van der Waals surface area contributed by atoms with E-state index in [0.29, 0.717) is 22.6 Å². The Labute approximate surface area is 387 Å². The number of benzene rings is 3. The number of aliphatic hydroxyl groups is 1. The molecule has 3 aromatic carbocycles. The third-order valence-corrected chi connectivity index (χ3v) is 13.6. The molecule has 4 heterocycles. The monoisotopic (exact) mass is 971 g/mol. The highest BCUT2D eigenvalue weighted by molar-refractivity contribution is 8.60. The Morgan fingerprint density at radius 1 is 0.892 bits per heavy atom. The van der Waals surface area contributed by atoms with Gasteiger partial charge in [0.1, 0.15) is 53.7 Å². The Balaban J connectivity index is 1.26. The number of H-pyrrole nitrogens is 2. The highest BCUT2D eigenvalue weighted by atomic mass is 35.5. The second kappa shape index (κ2) is 20.8. The molecule has 2 fully saturated rings. The lowest BCUT2D eigenvalue weighted by molar-refractivity contribution is -0.119. The van der Waals surface area contributed by atoms with Crippen molar-refractivity contribution in [2.24, 2.45) is 5.92 Å². The summed E-state index contributed by atoms with van der Waals surface area (Å²) in [6.45, 7) is 0.806. The van der Waals surface area contributed by atoms with Crippen molar-refractivity contribution < 1.29 is 42.6 Å². The lowest BCUT2D eigenvalue weighted by atomic mass is 9.80. The molecule has 1 unspecified atom stereocenters. The Hall–Kier alpha value is -4.86.